The molecule has 0 fully saturated rings. The third kappa shape index (κ3) is 1.93. The Morgan fingerprint density at radius 3 is 3.09 bits per heavy atom. The van der Waals surface area contributed by atoms with Gasteiger partial charge in [-0.3, -0.25) is 0 Å². The standard InChI is InChI=1S/C7H11FN2O/c1-9-7(11)10-4-2-3-6(8)5-10/h3H,2,4-5H2,1H3,(H,9,11). The number of hydrogen-bond acceptors (Lipinski definition) is 1. The smallest absolute Gasteiger partial charge is 0.317 e. The lowest BCUT2D eigenvalue weighted by molar-refractivity contribution is 0.199. The predicted octanol–water partition coefficient (Wildman–Crippen LogP) is 0.885. The number of nitrogens with one attached hydrogen (secondary N) is 1. The van der Waals surface area contributed by atoms with Gasteiger partial charge in [0.05, 0.1) is 6.54 Å². The summed E-state index contributed by atoms with van der Waals surface area (Å²) in [4.78, 5) is 12.4. The van der Waals surface area contributed by atoms with Gasteiger partial charge in [0.25, 0.3) is 0 Å². The predicted molar refractivity (Wildman–Crippen MR) is 39.8 cm³/mol. The second kappa shape index (κ2) is 3.37. The number of carbonyl (C=O) groups is 1. The van der Waals surface area contributed by atoms with E-state index in [9.17, 15) is 9.18 Å². The fourth-order valence-electron chi connectivity index (χ4n) is 1.03. The summed E-state index contributed by atoms with van der Waals surface area (Å²) in [5.74, 6) is -0.222. The summed E-state index contributed by atoms with van der Waals surface area (Å²) >= 11 is 0. The summed E-state index contributed by atoms with van der Waals surface area (Å²) in [5.41, 5.74) is 0. The maximum Gasteiger partial charge on any atom is 0.317 e. The Kier molecular flexibility index (Phi) is 2.46. The first-order valence-corrected chi connectivity index (χ1v) is 3.55. The zero-order valence-electron chi connectivity index (χ0n) is 6.43. The molecule has 1 heterocycles. The minimum atomic E-state index is -0.222. The van der Waals surface area contributed by atoms with Gasteiger partial charge in [-0.05, 0) is 12.5 Å². The molecule has 0 saturated carbocycles. The van der Waals surface area contributed by atoms with E-state index in [1.165, 1.54) is 11.0 Å². The van der Waals surface area contributed by atoms with Crippen molar-refractivity contribution < 1.29 is 9.18 Å². The Bertz CT molecular complexity index is 191. The quantitative estimate of drug-likeness (QED) is 0.557. The van der Waals surface area contributed by atoms with Crippen molar-refractivity contribution in [2.24, 2.45) is 0 Å². The highest BCUT2D eigenvalue weighted by molar-refractivity contribution is 5.74. The number of urea groups is 1. The maximum atomic E-state index is 12.6. The Hall–Kier alpha value is -1.06. The van der Waals surface area contributed by atoms with Crippen LogP contribution in [0.2, 0.25) is 0 Å². The largest absolute Gasteiger partial charge is 0.341 e. The van der Waals surface area contributed by atoms with Gasteiger partial charge in [0.15, 0.2) is 0 Å². The molecule has 0 bridgehead atoms. The van der Waals surface area contributed by atoms with Crippen molar-refractivity contribution in [2.45, 2.75) is 6.42 Å². The fraction of sp³-hybridized carbons (Fsp3) is 0.571. The monoisotopic (exact) mass is 158 g/mol. The highest BCUT2D eigenvalue weighted by Crippen LogP contribution is 2.09. The topological polar surface area (TPSA) is 32.3 Å². The minimum Gasteiger partial charge on any atom is -0.341 e. The Morgan fingerprint density at radius 1 is 1.82 bits per heavy atom. The van der Waals surface area contributed by atoms with E-state index in [0.717, 1.165) is 0 Å². The van der Waals surface area contributed by atoms with Gasteiger partial charge >= 0.3 is 6.03 Å². The summed E-state index contributed by atoms with van der Waals surface area (Å²) in [6.45, 7) is 0.715. The number of hydrogen-bond donors (Lipinski definition) is 1. The lowest BCUT2D eigenvalue weighted by Crippen LogP contribution is -2.40. The lowest BCUT2D eigenvalue weighted by atomic mass is 10.2. The van der Waals surface area contributed by atoms with E-state index >= 15 is 0 Å². The average molecular weight is 158 g/mol. The number of amides is 2. The molecule has 2 amide bonds. The van der Waals surface area contributed by atoms with Gasteiger partial charge in [-0.15, -0.1) is 0 Å². The molecule has 3 nitrogen and oxygen atoms in total. The van der Waals surface area contributed by atoms with Crippen LogP contribution in [0.1, 0.15) is 6.42 Å². The lowest BCUT2D eigenvalue weighted by Gasteiger charge is -2.23. The third-order valence-electron chi connectivity index (χ3n) is 1.61. The van der Waals surface area contributed by atoms with Gasteiger partial charge in [-0.1, -0.05) is 0 Å². The van der Waals surface area contributed by atoms with Crippen molar-refractivity contribution in [3.05, 3.63) is 11.9 Å². The van der Waals surface area contributed by atoms with Crippen molar-refractivity contribution in [2.75, 3.05) is 20.1 Å². The highest BCUT2D eigenvalue weighted by Gasteiger charge is 2.15. The first-order chi connectivity index (χ1) is 5.24. The van der Waals surface area contributed by atoms with E-state index in [-0.39, 0.29) is 18.4 Å². The van der Waals surface area contributed by atoms with Gasteiger partial charge in [-0.2, -0.15) is 0 Å². The van der Waals surface area contributed by atoms with Crippen LogP contribution in [0.5, 0.6) is 0 Å². The van der Waals surface area contributed by atoms with Gasteiger partial charge < -0.3 is 10.2 Å². The molecule has 0 spiro atoms. The second-order valence-corrected chi connectivity index (χ2v) is 2.42. The Labute approximate surface area is 64.9 Å². The van der Waals surface area contributed by atoms with Crippen LogP contribution in [-0.2, 0) is 0 Å². The SMILES string of the molecule is CNC(=O)N1CCC=C(F)C1. The van der Waals surface area contributed by atoms with E-state index in [0.29, 0.717) is 13.0 Å². The van der Waals surface area contributed by atoms with Crippen LogP contribution in [-0.4, -0.2) is 31.1 Å². The molecule has 0 aromatic rings. The third-order valence-corrected chi connectivity index (χ3v) is 1.61. The Morgan fingerprint density at radius 2 is 2.55 bits per heavy atom. The molecule has 0 aromatic carbocycles. The summed E-state index contributed by atoms with van der Waals surface area (Å²) in [6, 6.07) is -0.215. The van der Waals surface area contributed by atoms with Crippen LogP contribution in [0.25, 0.3) is 0 Å². The zero-order valence-corrected chi connectivity index (χ0v) is 6.43. The number of halogens is 1. The molecule has 0 saturated heterocycles. The van der Waals surface area contributed by atoms with E-state index in [1.807, 2.05) is 0 Å². The summed E-state index contributed by atoms with van der Waals surface area (Å²) in [7, 11) is 1.54. The molecular weight excluding hydrogens is 147 g/mol. The van der Waals surface area contributed by atoms with E-state index in [2.05, 4.69) is 5.32 Å². The summed E-state index contributed by atoms with van der Waals surface area (Å²) in [6.07, 6.45) is 2.12. The number of rotatable bonds is 0. The molecule has 62 valence electrons. The van der Waals surface area contributed by atoms with Crippen LogP contribution in [0.3, 0.4) is 0 Å². The van der Waals surface area contributed by atoms with Crippen molar-refractivity contribution in [1.82, 2.24) is 10.2 Å². The van der Waals surface area contributed by atoms with Crippen LogP contribution >= 0.6 is 0 Å². The van der Waals surface area contributed by atoms with Crippen LogP contribution in [0.4, 0.5) is 9.18 Å². The number of nitrogens with zero attached hydrogens (tertiary/aromatic N) is 1. The highest BCUT2D eigenvalue weighted by atomic mass is 19.1. The minimum absolute atomic E-state index is 0.111. The first-order valence-electron chi connectivity index (χ1n) is 3.55. The molecular formula is C7H11FN2O. The maximum absolute atomic E-state index is 12.6. The molecule has 0 radical (unpaired) electrons. The molecule has 1 rings (SSSR count). The zero-order chi connectivity index (χ0) is 8.27. The van der Waals surface area contributed by atoms with Gasteiger partial charge in [-0.25, -0.2) is 9.18 Å². The molecule has 0 atom stereocenters. The molecule has 0 aromatic heterocycles. The molecule has 11 heavy (non-hydrogen) atoms. The molecule has 1 aliphatic heterocycles. The van der Waals surface area contributed by atoms with Crippen molar-refractivity contribution in [3.63, 3.8) is 0 Å². The van der Waals surface area contributed by atoms with Crippen LogP contribution in [0, 0.1) is 0 Å². The Balaban J connectivity index is 2.50. The van der Waals surface area contributed by atoms with E-state index in [4.69, 9.17) is 0 Å². The van der Waals surface area contributed by atoms with Crippen molar-refractivity contribution >= 4 is 6.03 Å². The number of carbonyl (C=O) groups excluding carboxylic acids is 1. The molecule has 4 heteroatoms. The molecule has 1 N–H and O–H groups in total. The normalized spacial score (nSPS) is 17.6. The van der Waals surface area contributed by atoms with Gasteiger partial charge in [0, 0.05) is 13.6 Å². The van der Waals surface area contributed by atoms with E-state index < -0.39 is 0 Å². The van der Waals surface area contributed by atoms with E-state index in [1.54, 1.807) is 7.05 Å². The first kappa shape index (κ1) is 8.04. The van der Waals surface area contributed by atoms with Crippen molar-refractivity contribution in [1.29, 1.82) is 0 Å². The fourth-order valence-corrected chi connectivity index (χ4v) is 1.03. The van der Waals surface area contributed by atoms with Gasteiger partial charge in [0.1, 0.15) is 5.83 Å². The average Bonchev–Trinajstić information content (AvgIpc) is 2.03. The molecule has 0 aliphatic carbocycles. The van der Waals surface area contributed by atoms with Crippen molar-refractivity contribution in [3.8, 4) is 0 Å². The second-order valence-electron chi connectivity index (χ2n) is 2.42. The summed E-state index contributed by atoms with van der Waals surface area (Å²) in [5, 5.41) is 2.45. The molecule has 0 unspecified atom stereocenters. The van der Waals surface area contributed by atoms with Gasteiger partial charge in [0.2, 0.25) is 0 Å². The van der Waals surface area contributed by atoms with Crippen LogP contribution in [0.15, 0.2) is 11.9 Å². The van der Waals surface area contributed by atoms with Crippen LogP contribution < -0.4 is 5.32 Å². The summed E-state index contributed by atoms with van der Waals surface area (Å²) < 4.78 is 12.6. The molecule has 1 aliphatic rings.